The van der Waals surface area contributed by atoms with Crippen molar-refractivity contribution < 1.29 is 8.78 Å². The summed E-state index contributed by atoms with van der Waals surface area (Å²) in [6.07, 6.45) is 3.51. The van der Waals surface area contributed by atoms with E-state index in [2.05, 4.69) is 16.0 Å². The third-order valence-electron chi connectivity index (χ3n) is 9.15. The van der Waals surface area contributed by atoms with Crippen LogP contribution in [0.3, 0.4) is 0 Å². The highest BCUT2D eigenvalue weighted by Gasteiger charge is 2.44. The Balaban J connectivity index is 1.19. The molecule has 0 fully saturated rings. The van der Waals surface area contributed by atoms with Gasteiger partial charge in [0.15, 0.2) is 17.5 Å². The highest BCUT2D eigenvalue weighted by Crippen LogP contribution is 2.52. The maximum atomic E-state index is 16.1. The molecule has 0 amide bonds. The molecule has 0 atom stereocenters. The first-order valence-electron chi connectivity index (χ1n) is 16.5. The fraction of sp³-hybridized carbons (Fsp3) is 0.0227. The molecule has 8 aromatic rings. The summed E-state index contributed by atoms with van der Waals surface area (Å²) in [5.74, 6) is -1.75. The predicted octanol–water partition coefficient (Wildman–Crippen LogP) is 10.8. The molecule has 1 aliphatic carbocycles. The molecule has 0 radical (unpaired) electrons. The van der Waals surface area contributed by atoms with Gasteiger partial charge in [0.2, 0.25) is 0 Å². The van der Waals surface area contributed by atoms with Crippen LogP contribution in [0, 0.1) is 0 Å². The average molecular weight is 664 g/mol. The number of aromatic nitrogens is 5. The van der Waals surface area contributed by atoms with Gasteiger partial charge in [0.1, 0.15) is 0 Å². The molecule has 0 N–H and O–H groups in total. The minimum Gasteiger partial charge on any atom is -0.256 e. The molecule has 5 aromatic carbocycles. The Morgan fingerprint density at radius 1 is 0.353 bits per heavy atom. The second kappa shape index (κ2) is 12.3. The van der Waals surface area contributed by atoms with Crippen molar-refractivity contribution in [2.24, 2.45) is 0 Å². The molecule has 5 nitrogen and oxygen atoms in total. The van der Waals surface area contributed by atoms with Crippen molar-refractivity contribution in [1.29, 1.82) is 0 Å². The molecule has 0 aliphatic heterocycles. The topological polar surface area (TPSA) is 64.5 Å². The van der Waals surface area contributed by atoms with Crippen molar-refractivity contribution in [3.63, 3.8) is 0 Å². The second-order valence-corrected chi connectivity index (χ2v) is 12.4. The van der Waals surface area contributed by atoms with Gasteiger partial charge in [0.05, 0.1) is 11.4 Å². The summed E-state index contributed by atoms with van der Waals surface area (Å²) in [6.45, 7) is 0. The molecule has 0 unspecified atom stereocenters. The van der Waals surface area contributed by atoms with Gasteiger partial charge >= 0.3 is 0 Å². The summed E-state index contributed by atoms with van der Waals surface area (Å²) in [6, 6.07) is 47.2. The number of nitrogens with zero attached hydrogens (tertiary/aromatic N) is 5. The summed E-state index contributed by atoms with van der Waals surface area (Å²) in [4.78, 5) is 23.6. The van der Waals surface area contributed by atoms with Crippen LogP contribution in [0.25, 0.3) is 78.9 Å². The Bertz CT molecular complexity index is 2250. The van der Waals surface area contributed by atoms with Crippen LogP contribution < -0.4 is 0 Å². The molecule has 242 valence electrons. The van der Waals surface area contributed by atoms with Crippen LogP contribution in [-0.4, -0.2) is 24.9 Å². The monoisotopic (exact) mass is 663 g/mol. The Kier molecular flexibility index (Phi) is 7.32. The highest BCUT2D eigenvalue weighted by molar-refractivity contribution is 5.87. The first-order valence-corrected chi connectivity index (χ1v) is 16.5. The van der Waals surface area contributed by atoms with Crippen molar-refractivity contribution >= 4 is 0 Å². The molecule has 0 bridgehead atoms. The summed E-state index contributed by atoms with van der Waals surface area (Å²) in [5, 5.41) is 0. The average Bonchev–Trinajstić information content (AvgIpc) is 3.43. The maximum Gasteiger partial charge on any atom is 0.299 e. The minimum atomic E-state index is -3.17. The number of hydrogen-bond donors (Lipinski definition) is 0. The second-order valence-electron chi connectivity index (χ2n) is 12.4. The Morgan fingerprint density at radius 2 is 0.784 bits per heavy atom. The minimum absolute atomic E-state index is 0.0326. The van der Waals surface area contributed by atoms with Crippen LogP contribution >= 0.6 is 0 Å². The Labute approximate surface area is 293 Å². The lowest BCUT2D eigenvalue weighted by Gasteiger charge is -2.14. The summed E-state index contributed by atoms with van der Waals surface area (Å²) >= 11 is 0. The Hall–Kier alpha value is -6.73. The van der Waals surface area contributed by atoms with Crippen molar-refractivity contribution in [1.82, 2.24) is 24.9 Å². The van der Waals surface area contributed by atoms with Crippen LogP contribution in [0.4, 0.5) is 8.78 Å². The first-order chi connectivity index (χ1) is 25.0. The van der Waals surface area contributed by atoms with Crippen LogP contribution in [0.15, 0.2) is 164 Å². The van der Waals surface area contributed by atoms with E-state index in [4.69, 9.17) is 15.0 Å². The van der Waals surface area contributed by atoms with Gasteiger partial charge in [0, 0.05) is 51.3 Å². The van der Waals surface area contributed by atoms with Crippen LogP contribution in [-0.2, 0) is 5.92 Å². The molecule has 0 spiro atoms. The third kappa shape index (κ3) is 5.55. The van der Waals surface area contributed by atoms with E-state index in [1.807, 2.05) is 115 Å². The number of benzene rings is 5. The lowest BCUT2D eigenvalue weighted by molar-refractivity contribution is 0.0480. The van der Waals surface area contributed by atoms with E-state index < -0.39 is 5.92 Å². The largest absolute Gasteiger partial charge is 0.299 e. The first kappa shape index (κ1) is 30.3. The van der Waals surface area contributed by atoms with E-state index in [9.17, 15) is 0 Å². The molecule has 7 heteroatoms. The number of alkyl halides is 2. The number of pyridine rings is 2. The van der Waals surface area contributed by atoms with E-state index in [-0.39, 0.29) is 11.1 Å². The number of fused-ring (bicyclic) bond motifs is 3. The van der Waals surface area contributed by atoms with E-state index in [0.717, 1.165) is 44.8 Å². The van der Waals surface area contributed by atoms with Gasteiger partial charge in [0.25, 0.3) is 5.92 Å². The van der Waals surface area contributed by atoms with Crippen molar-refractivity contribution in [3.05, 3.63) is 175 Å². The predicted molar refractivity (Wildman–Crippen MR) is 196 cm³/mol. The number of halogens is 2. The fourth-order valence-electron chi connectivity index (χ4n) is 6.64. The van der Waals surface area contributed by atoms with Crippen molar-refractivity contribution in [2.75, 3.05) is 0 Å². The zero-order valence-electron chi connectivity index (χ0n) is 27.1. The third-order valence-corrected chi connectivity index (χ3v) is 9.15. The summed E-state index contributed by atoms with van der Waals surface area (Å²) < 4.78 is 32.2. The van der Waals surface area contributed by atoms with Crippen molar-refractivity contribution in [3.8, 4) is 78.9 Å². The molecule has 51 heavy (non-hydrogen) atoms. The molecule has 9 rings (SSSR count). The van der Waals surface area contributed by atoms with E-state index in [0.29, 0.717) is 34.2 Å². The van der Waals surface area contributed by atoms with Crippen LogP contribution in [0.5, 0.6) is 0 Å². The summed E-state index contributed by atoms with van der Waals surface area (Å²) in [7, 11) is 0. The lowest BCUT2D eigenvalue weighted by atomic mass is 9.93. The standard InChI is InChI=1S/C44H27F2N5/c45-44(46)37-19-17-30(32-23-33(39-15-7-9-21-47-39)25-34(24-32)40-16-8-10-22-48-40)26-35(37)36-27-31(18-20-38(36)44)43-50-41(28-11-3-1-4-12-28)49-42(51-43)29-13-5-2-6-14-29/h1-27H. The fourth-order valence-corrected chi connectivity index (χ4v) is 6.64. The van der Waals surface area contributed by atoms with Gasteiger partial charge in [-0.3, -0.25) is 9.97 Å². The zero-order chi connectivity index (χ0) is 34.4. The molecular weight excluding hydrogens is 637 g/mol. The molecule has 0 saturated heterocycles. The number of rotatable bonds is 6. The zero-order valence-corrected chi connectivity index (χ0v) is 27.1. The van der Waals surface area contributed by atoms with Crippen LogP contribution in [0.1, 0.15) is 11.1 Å². The highest BCUT2D eigenvalue weighted by atomic mass is 19.3. The van der Waals surface area contributed by atoms with Gasteiger partial charge in [-0.1, -0.05) is 97.1 Å². The van der Waals surface area contributed by atoms with E-state index in [1.54, 1.807) is 36.7 Å². The van der Waals surface area contributed by atoms with Gasteiger partial charge in [-0.15, -0.1) is 0 Å². The van der Waals surface area contributed by atoms with Gasteiger partial charge in [-0.05, 0) is 76.9 Å². The number of hydrogen-bond acceptors (Lipinski definition) is 5. The lowest BCUT2D eigenvalue weighted by Crippen LogP contribution is -2.10. The van der Waals surface area contributed by atoms with E-state index >= 15 is 8.78 Å². The maximum absolute atomic E-state index is 16.1. The molecule has 1 aliphatic rings. The van der Waals surface area contributed by atoms with Gasteiger partial charge in [-0.2, -0.15) is 8.78 Å². The quantitative estimate of drug-likeness (QED) is 0.177. The van der Waals surface area contributed by atoms with Gasteiger partial charge in [-0.25, -0.2) is 15.0 Å². The molecule has 0 saturated carbocycles. The molecular formula is C44H27F2N5. The smallest absolute Gasteiger partial charge is 0.256 e. The molecule has 3 heterocycles. The Morgan fingerprint density at radius 3 is 1.27 bits per heavy atom. The van der Waals surface area contributed by atoms with E-state index in [1.165, 1.54) is 6.07 Å². The van der Waals surface area contributed by atoms with Crippen molar-refractivity contribution in [2.45, 2.75) is 5.92 Å². The molecule has 3 aromatic heterocycles. The summed E-state index contributed by atoms with van der Waals surface area (Å²) in [5.41, 5.74) is 8.21. The SMILES string of the molecule is FC1(F)c2ccc(-c3cc(-c4ccccn4)cc(-c4ccccn4)c3)cc2-c2cc(-c3nc(-c4ccccc4)nc(-c4ccccc4)n3)ccc21. The van der Waals surface area contributed by atoms with Gasteiger partial charge < -0.3 is 0 Å². The normalized spacial score (nSPS) is 12.7. The van der Waals surface area contributed by atoms with Crippen LogP contribution in [0.2, 0.25) is 0 Å².